The normalized spacial score (nSPS) is 17.0. The van der Waals surface area contributed by atoms with Gasteiger partial charge in [0.2, 0.25) is 5.96 Å². The second-order valence-electron chi connectivity index (χ2n) is 6.46. The smallest absolute Gasteiger partial charge is 0.231 e. The number of thiazole rings is 1. The molecule has 0 spiro atoms. The van der Waals surface area contributed by atoms with Crippen molar-refractivity contribution in [3.63, 3.8) is 0 Å². The van der Waals surface area contributed by atoms with Crippen LogP contribution in [0.25, 0.3) is 5.69 Å². The zero-order valence-corrected chi connectivity index (χ0v) is 17.7. The topological polar surface area (TPSA) is 42.1 Å². The maximum Gasteiger partial charge on any atom is 0.231 e. The lowest BCUT2D eigenvalue weighted by molar-refractivity contribution is 0.414. The van der Waals surface area contributed by atoms with Crippen LogP contribution in [-0.4, -0.2) is 23.9 Å². The molecule has 3 aromatic rings. The van der Waals surface area contributed by atoms with Gasteiger partial charge < -0.3 is 4.74 Å². The Morgan fingerprint density at radius 3 is 2.59 bits per heavy atom. The lowest BCUT2D eigenvalue weighted by atomic mass is 10.0. The van der Waals surface area contributed by atoms with Crippen molar-refractivity contribution in [1.82, 2.24) is 4.57 Å². The van der Waals surface area contributed by atoms with Gasteiger partial charge in [-0.3, -0.25) is 9.47 Å². The van der Waals surface area contributed by atoms with E-state index in [4.69, 9.17) is 33.5 Å². The minimum Gasteiger partial charge on any atom is -0.497 e. The van der Waals surface area contributed by atoms with E-state index in [0.29, 0.717) is 11.0 Å². The molecule has 1 aromatic heterocycles. The van der Waals surface area contributed by atoms with Crippen LogP contribution in [0.1, 0.15) is 16.5 Å². The highest BCUT2D eigenvalue weighted by Crippen LogP contribution is 2.44. The number of nitrogens with zero attached hydrogens (tertiary/aromatic N) is 4. The monoisotopic (exact) mass is 438 g/mol. The molecule has 2 aliphatic rings. The Labute approximate surface area is 181 Å². The van der Waals surface area contributed by atoms with Crippen LogP contribution in [0, 0.1) is 3.95 Å². The standard InChI is InChI=1S/C21H15ClN4OS2/c1-27-16-9-3-13(4-10-16)17-18-19(25-12-2-11-23-20(25)24-17)26(21(28)29-18)15-7-5-14(22)6-8-15/h2-12,17H,1H3. The van der Waals surface area contributed by atoms with Crippen LogP contribution >= 0.6 is 35.2 Å². The second-order valence-corrected chi connectivity index (χ2v) is 8.57. The zero-order valence-electron chi connectivity index (χ0n) is 15.3. The van der Waals surface area contributed by atoms with Crippen LogP contribution in [0.4, 0.5) is 5.82 Å². The number of rotatable bonds is 3. The van der Waals surface area contributed by atoms with Crippen LogP contribution in [0.2, 0.25) is 5.02 Å². The molecule has 0 N–H and O–H groups in total. The molecule has 0 bridgehead atoms. The number of halogens is 1. The van der Waals surface area contributed by atoms with Gasteiger partial charge in [-0.1, -0.05) is 23.7 Å². The van der Waals surface area contributed by atoms with E-state index in [2.05, 4.69) is 9.56 Å². The first-order chi connectivity index (χ1) is 14.2. The van der Waals surface area contributed by atoms with E-state index in [1.54, 1.807) is 24.7 Å². The van der Waals surface area contributed by atoms with Crippen molar-refractivity contribution < 1.29 is 4.74 Å². The Morgan fingerprint density at radius 1 is 1.10 bits per heavy atom. The molecule has 1 unspecified atom stereocenters. The molecule has 0 aliphatic carbocycles. The van der Waals surface area contributed by atoms with E-state index in [9.17, 15) is 0 Å². The molecule has 1 atom stereocenters. The number of hydrogen-bond acceptors (Lipinski definition) is 6. The van der Waals surface area contributed by atoms with Gasteiger partial charge in [-0.2, -0.15) is 0 Å². The van der Waals surface area contributed by atoms with Gasteiger partial charge in [-0.15, -0.1) is 11.3 Å². The Hall–Kier alpha value is -2.74. The highest BCUT2D eigenvalue weighted by atomic mass is 35.5. The van der Waals surface area contributed by atoms with E-state index in [1.807, 2.05) is 65.7 Å². The molecule has 0 amide bonds. The van der Waals surface area contributed by atoms with Crippen molar-refractivity contribution in [2.45, 2.75) is 6.04 Å². The second kappa shape index (κ2) is 7.26. The van der Waals surface area contributed by atoms with Crippen molar-refractivity contribution >= 4 is 53.1 Å². The maximum absolute atomic E-state index is 6.09. The van der Waals surface area contributed by atoms with Crippen molar-refractivity contribution in [3.8, 4) is 11.4 Å². The van der Waals surface area contributed by atoms with Gasteiger partial charge in [0.25, 0.3) is 0 Å². The van der Waals surface area contributed by atoms with Crippen LogP contribution in [-0.2, 0) is 0 Å². The quantitative estimate of drug-likeness (QED) is 0.486. The lowest BCUT2D eigenvalue weighted by Crippen LogP contribution is -2.32. The lowest BCUT2D eigenvalue weighted by Gasteiger charge is -2.30. The fourth-order valence-electron chi connectivity index (χ4n) is 3.41. The summed E-state index contributed by atoms with van der Waals surface area (Å²) in [6.45, 7) is 0. The SMILES string of the molecule is COc1ccc(C2N=C3N=CC=CN3c3c2sc(=S)n3-c2ccc(Cl)cc2)cc1. The summed E-state index contributed by atoms with van der Waals surface area (Å²) in [5.74, 6) is 2.40. The third-order valence-electron chi connectivity index (χ3n) is 4.78. The largest absolute Gasteiger partial charge is 0.497 e. The number of ether oxygens (including phenoxy) is 1. The van der Waals surface area contributed by atoms with Gasteiger partial charge in [-0.05, 0) is 60.3 Å². The molecule has 8 heteroatoms. The van der Waals surface area contributed by atoms with Crippen LogP contribution in [0.5, 0.6) is 5.75 Å². The molecular formula is C21H15ClN4OS2. The molecule has 5 nitrogen and oxygen atoms in total. The van der Waals surface area contributed by atoms with Crippen LogP contribution in [0.15, 0.2) is 70.8 Å². The summed E-state index contributed by atoms with van der Waals surface area (Å²) in [5.41, 5.74) is 2.01. The van der Waals surface area contributed by atoms with Gasteiger partial charge in [-0.25, -0.2) is 9.98 Å². The number of aromatic nitrogens is 1. The van der Waals surface area contributed by atoms with Crippen molar-refractivity contribution in [2.24, 2.45) is 9.98 Å². The number of anilines is 1. The molecule has 144 valence electrons. The van der Waals surface area contributed by atoms with Gasteiger partial charge in [0.05, 0.1) is 12.0 Å². The van der Waals surface area contributed by atoms with Gasteiger partial charge in [0, 0.05) is 23.1 Å². The van der Waals surface area contributed by atoms with Gasteiger partial charge in [0.15, 0.2) is 3.95 Å². The Kier molecular flexibility index (Phi) is 4.58. The first-order valence-electron chi connectivity index (χ1n) is 8.89. The fourth-order valence-corrected chi connectivity index (χ4v) is 5.05. The Balaban J connectivity index is 1.72. The first kappa shape index (κ1) is 18.3. The Morgan fingerprint density at radius 2 is 1.86 bits per heavy atom. The predicted octanol–water partition coefficient (Wildman–Crippen LogP) is 5.79. The van der Waals surface area contributed by atoms with E-state index in [1.165, 1.54) is 0 Å². The molecule has 29 heavy (non-hydrogen) atoms. The zero-order chi connectivity index (χ0) is 20.0. The van der Waals surface area contributed by atoms with Crippen molar-refractivity contribution in [2.75, 3.05) is 12.0 Å². The summed E-state index contributed by atoms with van der Waals surface area (Å²) in [7, 11) is 1.66. The van der Waals surface area contributed by atoms with Crippen LogP contribution < -0.4 is 9.64 Å². The van der Waals surface area contributed by atoms with E-state index in [0.717, 1.165) is 31.6 Å². The molecule has 3 heterocycles. The fraction of sp³-hybridized carbons (Fsp3) is 0.0952. The molecule has 0 saturated carbocycles. The molecule has 2 aromatic carbocycles. The van der Waals surface area contributed by atoms with E-state index >= 15 is 0 Å². The number of guanidine groups is 1. The highest BCUT2D eigenvalue weighted by Gasteiger charge is 2.33. The van der Waals surface area contributed by atoms with Gasteiger partial charge in [0.1, 0.15) is 17.6 Å². The average Bonchev–Trinajstić information content (AvgIpc) is 3.11. The number of hydrogen-bond donors (Lipinski definition) is 0. The molecular weight excluding hydrogens is 424 g/mol. The van der Waals surface area contributed by atoms with Gasteiger partial charge >= 0.3 is 0 Å². The summed E-state index contributed by atoms with van der Waals surface area (Å²) >= 11 is 13.4. The minimum atomic E-state index is -0.189. The number of methoxy groups -OCH3 is 1. The average molecular weight is 439 g/mol. The number of allylic oxidation sites excluding steroid dienone is 1. The number of benzene rings is 2. The molecule has 0 saturated heterocycles. The molecule has 0 fully saturated rings. The molecule has 2 aliphatic heterocycles. The first-order valence-corrected chi connectivity index (χ1v) is 10.5. The van der Waals surface area contributed by atoms with Crippen LogP contribution in [0.3, 0.4) is 0 Å². The Bertz CT molecular complexity index is 1220. The number of fused-ring (bicyclic) bond motifs is 3. The number of aliphatic imine (C=N–C) groups is 2. The summed E-state index contributed by atoms with van der Waals surface area (Å²) in [6.07, 6.45) is 5.60. The third-order valence-corrected chi connectivity index (χ3v) is 6.44. The summed E-state index contributed by atoms with van der Waals surface area (Å²) in [6, 6.07) is 15.4. The van der Waals surface area contributed by atoms with E-state index in [-0.39, 0.29) is 6.04 Å². The summed E-state index contributed by atoms with van der Waals surface area (Å²) < 4.78 is 8.10. The highest BCUT2D eigenvalue weighted by molar-refractivity contribution is 7.73. The van der Waals surface area contributed by atoms with Crippen molar-refractivity contribution in [1.29, 1.82) is 0 Å². The van der Waals surface area contributed by atoms with E-state index < -0.39 is 0 Å². The summed E-state index contributed by atoms with van der Waals surface area (Å²) in [5, 5.41) is 0.685. The minimum absolute atomic E-state index is 0.189. The molecule has 5 rings (SSSR count). The maximum atomic E-state index is 6.09. The molecule has 0 radical (unpaired) electrons. The third kappa shape index (κ3) is 3.11. The predicted molar refractivity (Wildman–Crippen MR) is 122 cm³/mol. The summed E-state index contributed by atoms with van der Waals surface area (Å²) in [4.78, 5) is 12.5. The van der Waals surface area contributed by atoms with Crippen molar-refractivity contribution in [3.05, 3.63) is 80.2 Å².